The molecule has 0 saturated heterocycles. The molecule has 0 aliphatic carbocycles. The molecule has 3 amide bonds. The molecule has 0 aliphatic heterocycles. The molecule has 0 heterocycles. The van der Waals surface area contributed by atoms with Crippen LogP contribution in [0.2, 0.25) is 0 Å². The fourth-order valence-electron chi connectivity index (χ4n) is 2.62. The Kier molecular flexibility index (Phi) is 9.50. The minimum absolute atomic E-state index is 0.0589. The van der Waals surface area contributed by atoms with Crippen LogP contribution in [0, 0.1) is 17.8 Å². The zero-order valence-corrected chi connectivity index (χ0v) is 16.3. The molecule has 0 fully saturated rings. The average molecular weight is 377 g/mol. The van der Waals surface area contributed by atoms with E-state index in [0.29, 0.717) is 25.1 Å². The summed E-state index contributed by atoms with van der Waals surface area (Å²) in [6, 6.07) is 6.28. The van der Waals surface area contributed by atoms with Crippen molar-refractivity contribution in [2.75, 3.05) is 11.9 Å². The van der Waals surface area contributed by atoms with Gasteiger partial charge in [-0.25, -0.2) is 4.79 Å². The van der Waals surface area contributed by atoms with Gasteiger partial charge in [-0.3, -0.25) is 9.59 Å². The maximum atomic E-state index is 12.7. The van der Waals surface area contributed by atoms with E-state index in [4.69, 9.17) is 10.8 Å². The van der Waals surface area contributed by atoms with Crippen molar-refractivity contribution in [1.82, 2.24) is 5.32 Å². The Balaban J connectivity index is 2.75. The molecule has 27 heavy (non-hydrogen) atoms. The number of urea groups is 1. The van der Waals surface area contributed by atoms with Crippen LogP contribution in [0.3, 0.4) is 0 Å². The van der Waals surface area contributed by atoms with Gasteiger partial charge in [-0.1, -0.05) is 32.9 Å². The van der Waals surface area contributed by atoms with E-state index in [1.165, 1.54) is 0 Å². The van der Waals surface area contributed by atoms with Crippen molar-refractivity contribution < 1.29 is 19.5 Å². The highest BCUT2D eigenvalue weighted by molar-refractivity contribution is 5.95. The number of hydrogen-bond donors (Lipinski definition) is 4. The summed E-state index contributed by atoms with van der Waals surface area (Å²) in [6.07, 6.45) is 1.18. The van der Waals surface area contributed by atoms with Gasteiger partial charge >= 0.3 is 6.03 Å². The van der Waals surface area contributed by atoms with Gasteiger partial charge in [-0.15, -0.1) is 0 Å². The van der Waals surface area contributed by atoms with Crippen LogP contribution >= 0.6 is 0 Å². The van der Waals surface area contributed by atoms with Gasteiger partial charge in [0.1, 0.15) is 5.78 Å². The minimum atomic E-state index is -0.607. The maximum absolute atomic E-state index is 12.7. The van der Waals surface area contributed by atoms with Crippen LogP contribution in [-0.4, -0.2) is 29.4 Å². The lowest BCUT2D eigenvalue weighted by Crippen LogP contribution is -2.32. The number of carbonyl (C=O) groups is 3. The van der Waals surface area contributed by atoms with Crippen LogP contribution in [0.1, 0.15) is 45.6 Å². The van der Waals surface area contributed by atoms with Crippen LogP contribution < -0.4 is 16.4 Å². The molecule has 1 aromatic carbocycles. The highest BCUT2D eigenvalue weighted by Crippen LogP contribution is 2.21. The molecule has 1 unspecified atom stereocenters. The van der Waals surface area contributed by atoms with E-state index >= 15 is 0 Å². The summed E-state index contributed by atoms with van der Waals surface area (Å²) < 4.78 is 0. The molecular formula is C20H31N3O4. The number of primary amides is 1. The second-order valence-electron chi connectivity index (χ2n) is 7.18. The summed E-state index contributed by atoms with van der Waals surface area (Å²) >= 11 is 0. The third kappa shape index (κ3) is 8.21. The number of benzene rings is 1. The second kappa shape index (κ2) is 11.3. The summed E-state index contributed by atoms with van der Waals surface area (Å²) in [5.74, 6) is -0.554. The van der Waals surface area contributed by atoms with E-state index in [1.54, 1.807) is 24.3 Å². The predicted molar refractivity (Wildman–Crippen MR) is 105 cm³/mol. The summed E-state index contributed by atoms with van der Waals surface area (Å²) in [7, 11) is 0. The van der Waals surface area contributed by atoms with Gasteiger partial charge in [0.05, 0.1) is 6.61 Å². The van der Waals surface area contributed by atoms with E-state index < -0.39 is 11.9 Å². The van der Waals surface area contributed by atoms with Crippen molar-refractivity contribution >= 4 is 23.4 Å². The van der Waals surface area contributed by atoms with Gasteiger partial charge in [-0.2, -0.15) is 0 Å². The number of carbonyl (C=O) groups excluding carboxylic acids is 3. The molecule has 0 aliphatic rings. The Morgan fingerprint density at radius 2 is 1.74 bits per heavy atom. The first-order chi connectivity index (χ1) is 12.7. The van der Waals surface area contributed by atoms with Crippen LogP contribution in [0.5, 0.6) is 0 Å². The van der Waals surface area contributed by atoms with Gasteiger partial charge in [0.2, 0.25) is 5.91 Å². The molecule has 0 spiro atoms. The number of amides is 3. The monoisotopic (exact) mass is 377 g/mol. The normalized spacial score (nSPS) is 13.1. The molecule has 0 bridgehead atoms. The van der Waals surface area contributed by atoms with Crippen molar-refractivity contribution in [2.45, 2.75) is 46.6 Å². The van der Waals surface area contributed by atoms with Crippen LogP contribution in [0.25, 0.3) is 0 Å². The lowest BCUT2D eigenvalue weighted by Gasteiger charge is -2.20. The van der Waals surface area contributed by atoms with Crippen LogP contribution in [0.15, 0.2) is 24.3 Å². The van der Waals surface area contributed by atoms with Crippen LogP contribution in [-0.2, 0) is 16.2 Å². The number of aliphatic hydroxyl groups excluding tert-OH is 1. The largest absolute Gasteiger partial charge is 0.392 e. The molecule has 150 valence electrons. The first-order valence-electron chi connectivity index (χ1n) is 9.31. The van der Waals surface area contributed by atoms with Crippen molar-refractivity contribution in [3.63, 3.8) is 0 Å². The number of nitrogens with two attached hydrogens (primary N) is 1. The Hall–Kier alpha value is -2.41. The van der Waals surface area contributed by atoms with E-state index in [0.717, 1.165) is 5.56 Å². The summed E-state index contributed by atoms with van der Waals surface area (Å²) in [6.45, 7) is 6.14. The van der Waals surface area contributed by atoms with Gasteiger partial charge in [0.15, 0.2) is 0 Å². The lowest BCUT2D eigenvalue weighted by molar-refractivity contribution is -0.129. The Labute approximate surface area is 160 Å². The quantitative estimate of drug-likeness (QED) is 0.442. The Morgan fingerprint density at radius 3 is 2.26 bits per heavy atom. The van der Waals surface area contributed by atoms with E-state index in [-0.39, 0.29) is 36.6 Å². The zero-order valence-electron chi connectivity index (χ0n) is 16.3. The van der Waals surface area contributed by atoms with Gasteiger partial charge in [0, 0.05) is 30.5 Å². The molecule has 0 aromatic heterocycles. The van der Waals surface area contributed by atoms with E-state index in [2.05, 4.69) is 10.6 Å². The average Bonchev–Trinajstić information content (AvgIpc) is 2.63. The molecule has 1 aromatic rings. The van der Waals surface area contributed by atoms with E-state index in [9.17, 15) is 14.4 Å². The highest BCUT2D eigenvalue weighted by atomic mass is 16.3. The fraction of sp³-hybridized carbons (Fsp3) is 0.550. The molecule has 1 rings (SSSR count). The highest BCUT2D eigenvalue weighted by Gasteiger charge is 2.25. The zero-order chi connectivity index (χ0) is 20.4. The Bertz CT molecular complexity index is 629. The number of ketones is 1. The first kappa shape index (κ1) is 22.6. The summed E-state index contributed by atoms with van der Waals surface area (Å²) in [5, 5.41) is 14.4. The number of anilines is 1. The van der Waals surface area contributed by atoms with E-state index in [1.807, 2.05) is 20.8 Å². The second-order valence-corrected chi connectivity index (χ2v) is 7.18. The lowest BCUT2D eigenvalue weighted by atomic mass is 9.86. The molecule has 7 heteroatoms. The molecular weight excluding hydrogens is 346 g/mol. The van der Waals surface area contributed by atoms with Crippen molar-refractivity contribution in [3.05, 3.63) is 29.8 Å². The molecule has 5 N–H and O–H groups in total. The third-order valence-corrected chi connectivity index (χ3v) is 4.76. The number of nitrogens with one attached hydrogen (secondary N) is 2. The van der Waals surface area contributed by atoms with Crippen molar-refractivity contribution in [1.29, 1.82) is 0 Å². The molecule has 0 saturated carbocycles. The van der Waals surface area contributed by atoms with Crippen molar-refractivity contribution in [3.8, 4) is 0 Å². The number of rotatable bonds is 11. The number of hydrogen-bond acceptors (Lipinski definition) is 4. The predicted octanol–water partition coefficient (Wildman–Crippen LogP) is 2.43. The standard InChI is InChI=1S/C20H31N3O4/c1-13(2)14(3)18(25)11-16(5-4-10-22-20(21)27)19(26)23-17-8-6-15(12-24)7-9-17/h6-9,13-14,16,24H,4-5,10-12H2,1-3H3,(H,23,26)(H3,21,22,27)/t14-,16?/m1/s1. The number of Topliss-reactive ketones (excluding diaryl/α,β-unsaturated/α-hetero) is 1. The molecule has 2 atom stereocenters. The fourth-order valence-corrected chi connectivity index (χ4v) is 2.62. The molecule has 0 radical (unpaired) electrons. The van der Waals surface area contributed by atoms with Crippen LogP contribution in [0.4, 0.5) is 10.5 Å². The van der Waals surface area contributed by atoms with Gasteiger partial charge in [0.25, 0.3) is 0 Å². The van der Waals surface area contributed by atoms with Crippen molar-refractivity contribution in [2.24, 2.45) is 23.5 Å². The topological polar surface area (TPSA) is 122 Å². The summed E-state index contributed by atoms with van der Waals surface area (Å²) in [4.78, 5) is 36.0. The minimum Gasteiger partial charge on any atom is -0.392 e. The SMILES string of the molecule is CC(C)[C@@H](C)C(=O)CC(CCCNC(N)=O)C(=O)Nc1ccc(CO)cc1. The van der Waals surface area contributed by atoms with Gasteiger partial charge in [-0.05, 0) is 36.5 Å². The third-order valence-electron chi connectivity index (χ3n) is 4.76. The molecule has 7 nitrogen and oxygen atoms in total. The maximum Gasteiger partial charge on any atom is 0.312 e. The van der Waals surface area contributed by atoms with Gasteiger partial charge < -0.3 is 21.5 Å². The Morgan fingerprint density at radius 1 is 1.11 bits per heavy atom. The first-order valence-corrected chi connectivity index (χ1v) is 9.31. The summed E-state index contributed by atoms with van der Waals surface area (Å²) in [5.41, 5.74) is 6.41. The smallest absolute Gasteiger partial charge is 0.312 e. The number of aliphatic hydroxyl groups is 1.